The van der Waals surface area contributed by atoms with E-state index in [4.69, 9.17) is 0 Å². The maximum absolute atomic E-state index is 2.49. The minimum absolute atomic E-state index is 0.676. The molecule has 3 saturated carbocycles. The van der Waals surface area contributed by atoms with Crippen LogP contribution < -0.4 is 0 Å². The van der Waals surface area contributed by atoms with Crippen molar-refractivity contribution in [2.24, 2.45) is 29.1 Å². The molecule has 0 nitrogen and oxygen atoms in total. The monoisotopic (exact) mass is 164 g/mol. The summed E-state index contributed by atoms with van der Waals surface area (Å²) in [5.74, 6) is 4.60. The number of hydrogen-bond donors (Lipinski definition) is 0. The summed E-state index contributed by atoms with van der Waals surface area (Å²) in [5.41, 5.74) is 0.676. The molecule has 2 bridgehead atoms. The van der Waals surface area contributed by atoms with Gasteiger partial charge >= 0.3 is 0 Å². The van der Waals surface area contributed by atoms with E-state index >= 15 is 0 Å². The average Bonchev–Trinajstić information content (AvgIpc) is 2.16. The van der Waals surface area contributed by atoms with E-state index in [9.17, 15) is 0 Å². The molecule has 0 heterocycles. The Balaban J connectivity index is 1.87. The van der Waals surface area contributed by atoms with E-state index in [1.165, 1.54) is 24.7 Å². The van der Waals surface area contributed by atoms with Crippen LogP contribution in [0.4, 0.5) is 0 Å². The zero-order chi connectivity index (χ0) is 8.34. The number of fused-ring (bicyclic) bond motifs is 1. The van der Waals surface area contributed by atoms with E-state index in [0.717, 1.165) is 11.8 Å². The zero-order valence-corrected chi connectivity index (χ0v) is 8.34. The first kappa shape index (κ1) is 7.41. The highest BCUT2D eigenvalue weighted by molar-refractivity contribution is 5.02. The minimum Gasteiger partial charge on any atom is -0.0599 e. The lowest BCUT2D eigenvalue weighted by atomic mass is 9.61. The molecule has 0 radical (unpaired) electrons. The van der Waals surface area contributed by atoms with Crippen LogP contribution in [0, 0.1) is 29.1 Å². The third-order valence-electron chi connectivity index (χ3n) is 4.71. The molecular weight excluding hydrogens is 144 g/mol. The Morgan fingerprint density at radius 1 is 0.917 bits per heavy atom. The van der Waals surface area contributed by atoms with Crippen molar-refractivity contribution in [3.8, 4) is 0 Å². The van der Waals surface area contributed by atoms with Gasteiger partial charge in [0, 0.05) is 0 Å². The van der Waals surface area contributed by atoms with Gasteiger partial charge in [0.2, 0.25) is 0 Å². The summed E-state index contributed by atoms with van der Waals surface area (Å²) in [6.07, 6.45) is 7.83. The van der Waals surface area contributed by atoms with Crippen LogP contribution in [0.3, 0.4) is 0 Å². The summed E-state index contributed by atoms with van der Waals surface area (Å²) in [7, 11) is 0. The lowest BCUT2D eigenvalue weighted by molar-refractivity contribution is 0.0537. The van der Waals surface area contributed by atoms with Crippen molar-refractivity contribution in [3.63, 3.8) is 0 Å². The van der Waals surface area contributed by atoms with E-state index in [0.29, 0.717) is 5.41 Å². The van der Waals surface area contributed by atoms with Gasteiger partial charge in [0.15, 0.2) is 0 Å². The van der Waals surface area contributed by atoms with Crippen LogP contribution >= 0.6 is 0 Å². The summed E-state index contributed by atoms with van der Waals surface area (Å²) in [4.78, 5) is 0. The molecule has 0 saturated heterocycles. The van der Waals surface area contributed by atoms with Gasteiger partial charge in [-0.15, -0.1) is 0 Å². The maximum Gasteiger partial charge on any atom is -0.0349 e. The summed E-state index contributed by atoms with van der Waals surface area (Å²) >= 11 is 0. The maximum atomic E-state index is 2.49. The quantitative estimate of drug-likeness (QED) is 0.514. The molecule has 3 aliphatic carbocycles. The molecule has 3 aliphatic rings. The second-order valence-corrected chi connectivity index (χ2v) is 6.33. The topological polar surface area (TPSA) is 0 Å². The van der Waals surface area contributed by atoms with E-state index in [2.05, 4.69) is 13.8 Å². The molecule has 0 aromatic carbocycles. The van der Waals surface area contributed by atoms with E-state index in [1.807, 2.05) is 0 Å². The first-order valence-corrected chi connectivity index (χ1v) is 5.64. The SMILES string of the molecule is CC1(C)CC2CC3CC(C1)C3C2. The molecule has 0 aliphatic heterocycles. The van der Waals surface area contributed by atoms with Gasteiger partial charge in [-0.3, -0.25) is 0 Å². The zero-order valence-electron chi connectivity index (χ0n) is 8.34. The van der Waals surface area contributed by atoms with Gasteiger partial charge in [-0.05, 0) is 61.2 Å². The molecule has 4 unspecified atom stereocenters. The first-order valence-electron chi connectivity index (χ1n) is 5.64. The van der Waals surface area contributed by atoms with Crippen molar-refractivity contribution in [2.75, 3.05) is 0 Å². The van der Waals surface area contributed by atoms with Crippen LogP contribution in [-0.4, -0.2) is 0 Å². The average molecular weight is 164 g/mol. The van der Waals surface area contributed by atoms with Gasteiger partial charge in [-0.1, -0.05) is 13.8 Å². The normalized spacial score (nSPS) is 54.5. The van der Waals surface area contributed by atoms with Gasteiger partial charge in [0.05, 0.1) is 0 Å². The molecule has 0 aromatic heterocycles. The smallest absolute Gasteiger partial charge is 0.0349 e. The van der Waals surface area contributed by atoms with Crippen LogP contribution in [-0.2, 0) is 0 Å². The molecule has 3 fully saturated rings. The third kappa shape index (κ3) is 0.900. The Kier molecular flexibility index (Phi) is 1.28. The summed E-state index contributed by atoms with van der Waals surface area (Å²) in [5, 5.41) is 0. The second-order valence-electron chi connectivity index (χ2n) is 6.33. The highest BCUT2D eigenvalue weighted by Crippen LogP contribution is 2.61. The molecule has 3 rings (SSSR count). The van der Waals surface area contributed by atoms with Crippen LogP contribution in [0.5, 0.6) is 0 Å². The van der Waals surface area contributed by atoms with Gasteiger partial charge in [0.25, 0.3) is 0 Å². The van der Waals surface area contributed by atoms with Crippen LogP contribution in [0.1, 0.15) is 46.0 Å². The molecule has 68 valence electrons. The van der Waals surface area contributed by atoms with Gasteiger partial charge in [-0.2, -0.15) is 0 Å². The molecule has 0 N–H and O–H groups in total. The predicted molar refractivity (Wildman–Crippen MR) is 50.8 cm³/mol. The van der Waals surface area contributed by atoms with Crippen LogP contribution in [0.2, 0.25) is 0 Å². The van der Waals surface area contributed by atoms with Gasteiger partial charge in [0.1, 0.15) is 0 Å². The van der Waals surface area contributed by atoms with E-state index in [-0.39, 0.29) is 0 Å². The van der Waals surface area contributed by atoms with Crippen molar-refractivity contribution in [2.45, 2.75) is 46.0 Å². The highest BCUT2D eigenvalue weighted by Gasteiger charge is 2.51. The molecule has 0 aromatic rings. The van der Waals surface area contributed by atoms with Gasteiger partial charge < -0.3 is 0 Å². The van der Waals surface area contributed by atoms with E-state index in [1.54, 1.807) is 19.3 Å². The predicted octanol–water partition coefficient (Wildman–Crippen LogP) is 3.47. The number of rotatable bonds is 0. The molecule has 0 spiro atoms. The lowest BCUT2D eigenvalue weighted by Gasteiger charge is -2.44. The Morgan fingerprint density at radius 2 is 1.75 bits per heavy atom. The van der Waals surface area contributed by atoms with Crippen molar-refractivity contribution in [3.05, 3.63) is 0 Å². The Bertz CT molecular complexity index is 198. The lowest BCUT2D eigenvalue weighted by Crippen LogP contribution is -2.35. The third-order valence-corrected chi connectivity index (χ3v) is 4.71. The first-order chi connectivity index (χ1) is 5.64. The Morgan fingerprint density at radius 3 is 2.58 bits per heavy atom. The largest absolute Gasteiger partial charge is 0.0599 e. The van der Waals surface area contributed by atoms with Crippen LogP contribution in [0.25, 0.3) is 0 Å². The van der Waals surface area contributed by atoms with Crippen molar-refractivity contribution < 1.29 is 0 Å². The standard InChI is InChI=1S/C12H20/c1-12(2)6-8-3-9-5-10(7-12)11(9)4-8/h8-11H,3-7H2,1-2H3. The fraction of sp³-hybridized carbons (Fsp3) is 1.00. The minimum atomic E-state index is 0.676. The fourth-order valence-electron chi connectivity index (χ4n) is 4.47. The van der Waals surface area contributed by atoms with Crippen molar-refractivity contribution >= 4 is 0 Å². The van der Waals surface area contributed by atoms with Gasteiger partial charge in [-0.25, -0.2) is 0 Å². The highest BCUT2D eigenvalue weighted by atomic mass is 14.6. The van der Waals surface area contributed by atoms with Crippen LogP contribution in [0.15, 0.2) is 0 Å². The molecule has 0 heteroatoms. The Labute approximate surface area is 75.7 Å². The number of hydrogen-bond acceptors (Lipinski definition) is 0. The molecular formula is C12H20. The second kappa shape index (κ2) is 2.08. The molecule has 0 amide bonds. The van der Waals surface area contributed by atoms with Crippen molar-refractivity contribution in [1.29, 1.82) is 0 Å². The van der Waals surface area contributed by atoms with E-state index < -0.39 is 0 Å². The molecule has 12 heavy (non-hydrogen) atoms. The summed E-state index contributed by atoms with van der Waals surface area (Å²) < 4.78 is 0. The Hall–Kier alpha value is 0. The molecule has 4 atom stereocenters. The summed E-state index contributed by atoms with van der Waals surface area (Å²) in [6, 6.07) is 0. The summed E-state index contributed by atoms with van der Waals surface area (Å²) in [6.45, 7) is 4.97. The fourth-order valence-corrected chi connectivity index (χ4v) is 4.47. The van der Waals surface area contributed by atoms with Crippen molar-refractivity contribution in [1.82, 2.24) is 0 Å².